The van der Waals surface area contributed by atoms with Crippen molar-refractivity contribution in [2.45, 2.75) is 13.8 Å². The van der Waals surface area contributed by atoms with Crippen LogP contribution in [0.15, 0.2) is 36.4 Å². The van der Waals surface area contributed by atoms with Crippen LogP contribution in [-0.4, -0.2) is 56.7 Å². The van der Waals surface area contributed by atoms with E-state index in [4.69, 9.17) is 14.5 Å². The lowest BCUT2D eigenvalue weighted by Gasteiger charge is -2.22. The Bertz CT molecular complexity index is 1000. The second kappa shape index (κ2) is 9.24. The Morgan fingerprint density at radius 2 is 1.86 bits per heavy atom. The molecule has 1 aromatic heterocycles. The molecule has 1 amide bonds. The predicted molar refractivity (Wildman–Crippen MR) is 118 cm³/mol. The largest absolute Gasteiger partial charge is 0.497 e. The maximum atomic E-state index is 13.0. The maximum absolute atomic E-state index is 13.0. The van der Waals surface area contributed by atoms with Crippen molar-refractivity contribution in [1.29, 1.82) is 0 Å². The zero-order chi connectivity index (χ0) is 21.0. The van der Waals surface area contributed by atoms with Crippen LogP contribution in [-0.2, 0) is 4.79 Å². The first-order valence-electron chi connectivity index (χ1n) is 9.47. The monoisotopic (exact) mass is 413 g/mol. The van der Waals surface area contributed by atoms with Gasteiger partial charge in [-0.05, 0) is 57.3 Å². The Morgan fingerprint density at radius 1 is 1.10 bits per heavy atom. The minimum atomic E-state index is -0.122. The summed E-state index contributed by atoms with van der Waals surface area (Å²) in [4.78, 5) is 21.5. The highest BCUT2D eigenvalue weighted by atomic mass is 32.1. The smallest absolute Gasteiger partial charge is 0.266 e. The number of hydrogen-bond donors (Lipinski definition) is 0. The number of nitrogens with zero attached hydrogens (tertiary/aromatic N) is 3. The topological polar surface area (TPSA) is 54.9 Å². The van der Waals surface area contributed by atoms with E-state index in [0.29, 0.717) is 23.2 Å². The number of amides is 1. The molecule has 0 aliphatic carbocycles. The fraction of sp³-hybridized carbons (Fsp3) is 0.364. The first-order valence-corrected chi connectivity index (χ1v) is 10.3. The summed E-state index contributed by atoms with van der Waals surface area (Å²) in [5, 5.41) is 0.704. The van der Waals surface area contributed by atoms with E-state index in [1.165, 1.54) is 11.1 Å². The number of carbonyl (C=O) groups excluding carboxylic acids is 1. The van der Waals surface area contributed by atoms with E-state index in [-0.39, 0.29) is 12.5 Å². The van der Waals surface area contributed by atoms with Crippen molar-refractivity contribution >= 4 is 32.6 Å². The summed E-state index contributed by atoms with van der Waals surface area (Å²) in [6.45, 7) is 5.36. The Kier molecular flexibility index (Phi) is 6.71. The summed E-state index contributed by atoms with van der Waals surface area (Å²) in [6.07, 6.45) is 0. The van der Waals surface area contributed by atoms with Crippen LogP contribution in [0, 0.1) is 13.8 Å². The van der Waals surface area contributed by atoms with Gasteiger partial charge in [0.15, 0.2) is 11.7 Å². The van der Waals surface area contributed by atoms with Gasteiger partial charge in [0.2, 0.25) is 0 Å². The van der Waals surface area contributed by atoms with Crippen LogP contribution >= 0.6 is 11.3 Å². The van der Waals surface area contributed by atoms with E-state index in [2.05, 4.69) is 26.0 Å². The molecule has 0 saturated carbocycles. The number of anilines is 1. The fourth-order valence-corrected chi connectivity index (χ4v) is 4.08. The van der Waals surface area contributed by atoms with Crippen LogP contribution in [0.2, 0.25) is 0 Å². The summed E-state index contributed by atoms with van der Waals surface area (Å²) in [7, 11) is 5.58. The molecule has 0 fully saturated rings. The van der Waals surface area contributed by atoms with Crippen LogP contribution in [0.4, 0.5) is 5.13 Å². The fourth-order valence-electron chi connectivity index (χ4n) is 3.02. The van der Waals surface area contributed by atoms with Crippen LogP contribution in [0.5, 0.6) is 11.5 Å². The van der Waals surface area contributed by atoms with Gasteiger partial charge in [0.25, 0.3) is 5.91 Å². The number of likely N-dealkylation sites (N-methyl/N-ethyl adjacent to an activating group) is 1. The number of benzene rings is 2. The zero-order valence-corrected chi connectivity index (χ0v) is 18.4. The molecule has 0 radical (unpaired) electrons. The zero-order valence-electron chi connectivity index (χ0n) is 17.6. The lowest BCUT2D eigenvalue weighted by atomic mass is 10.1. The minimum absolute atomic E-state index is 0.0610. The lowest BCUT2D eigenvalue weighted by Crippen LogP contribution is -2.39. The van der Waals surface area contributed by atoms with Crippen molar-refractivity contribution in [2.75, 3.05) is 45.8 Å². The third kappa shape index (κ3) is 5.25. The highest BCUT2D eigenvalue weighted by molar-refractivity contribution is 7.22. The van der Waals surface area contributed by atoms with Crippen molar-refractivity contribution in [1.82, 2.24) is 9.88 Å². The number of aromatic nitrogens is 1. The van der Waals surface area contributed by atoms with Gasteiger partial charge < -0.3 is 14.4 Å². The van der Waals surface area contributed by atoms with Crippen molar-refractivity contribution in [3.8, 4) is 11.5 Å². The molecule has 0 N–H and O–H groups in total. The Hall–Kier alpha value is -2.64. The molecular weight excluding hydrogens is 386 g/mol. The highest BCUT2D eigenvalue weighted by Gasteiger charge is 2.21. The van der Waals surface area contributed by atoms with Crippen LogP contribution in [0.1, 0.15) is 11.1 Å². The van der Waals surface area contributed by atoms with E-state index in [1.54, 1.807) is 29.4 Å². The SMILES string of the molecule is COc1cccc(OCC(=O)N(CCN(C)C)c2nc3cc(C)cc(C)c3s2)c1. The molecule has 0 atom stereocenters. The Balaban J connectivity index is 1.82. The summed E-state index contributed by atoms with van der Waals surface area (Å²) in [5.41, 5.74) is 3.27. The molecule has 7 heteroatoms. The second-order valence-electron chi connectivity index (χ2n) is 7.24. The standard InChI is InChI=1S/C22H27N3O3S/c1-15-11-16(2)21-19(12-15)23-22(29-21)25(10-9-24(3)4)20(26)14-28-18-8-6-7-17(13-18)27-5/h6-8,11-13H,9-10,14H2,1-5H3. The second-order valence-corrected chi connectivity index (χ2v) is 8.22. The van der Waals surface area contributed by atoms with Gasteiger partial charge in [-0.2, -0.15) is 0 Å². The molecule has 2 aromatic carbocycles. The number of rotatable bonds is 8. The van der Waals surface area contributed by atoms with Gasteiger partial charge in [-0.1, -0.05) is 23.5 Å². The van der Waals surface area contributed by atoms with Crippen molar-refractivity contribution in [3.05, 3.63) is 47.5 Å². The van der Waals surface area contributed by atoms with E-state index < -0.39 is 0 Å². The van der Waals surface area contributed by atoms with Crippen molar-refractivity contribution in [3.63, 3.8) is 0 Å². The number of hydrogen-bond acceptors (Lipinski definition) is 6. The van der Waals surface area contributed by atoms with Gasteiger partial charge in [-0.3, -0.25) is 9.69 Å². The predicted octanol–water partition coefficient (Wildman–Crippen LogP) is 3.90. The minimum Gasteiger partial charge on any atom is -0.497 e. The molecule has 0 unspecified atom stereocenters. The Labute approximate surface area is 175 Å². The molecule has 0 bridgehead atoms. The summed E-state index contributed by atoms with van der Waals surface area (Å²) < 4.78 is 12.1. The molecule has 1 heterocycles. The summed E-state index contributed by atoms with van der Waals surface area (Å²) in [6, 6.07) is 11.4. The quantitative estimate of drug-likeness (QED) is 0.561. The lowest BCUT2D eigenvalue weighted by molar-refractivity contribution is -0.120. The Morgan fingerprint density at radius 3 is 2.59 bits per heavy atom. The molecule has 3 rings (SSSR count). The van der Waals surface area contributed by atoms with Gasteiger partial charge in [-0.15, -0.1) is 0 Å². The van der Waals surface area contributed by atoms with E-state index in [0.717, 1.165) is 16.8 Å². The third-order valence-corrected chi connectivity index (χ3v) is 5.74. The highest BCUT2D eigenvalue weighted by Crippen LogP contribution is 2.32. The maximum Gasteiger partial charge on any atom is 0.266 e. The normalized spacial score (nSPS) is 11.1. The molecule has 0 spiro atoms. The van der Waals surface area contributed by atoms with Gasteiger partial charge in [0, 0.05) is 19.2 Å². The summed E-state index contributed by atoms with van der Waals surface area (Å²) >= 11 is 1.55. The molecule has 0 aliphatic rings. The third-order valence-electron chi connectivity index (χ3n) is 4.52. The number of aryl methyl sites for hydroxylation is 2. The van der Waals surface area contributed by atoms with Gasteiger partial charge in [0.1, 0.15) is 11.5 Å². The molecule has 154 valence electrons. The van der Waals surface area contributed by atoms with Gasteiger partial charge >= 0.3 is 0 Å². The van der Waals surface area contributed by atoms with Gasteiger partial charge in [0.05, 0.1) is 17.3 Å². The van der Waals surface area contributed by atoms with Crippen LogP contribution in [0.25, 0.3) is 10.2 Å². The molecule has 6 nitrogen and oxygen atoms in total. The van der Waals surface area contributed by atoms with E-state index >= 15 is 0 Å². The van der Waals surface area contributed by atoms with Gasteiger partial charge in [-0.25, -0.2) is 4.98 Å². The molecule has 3 aromatic rings. The average Bonchev–Trinajstić information content (AvgIpc) is 3.10. The molecule has 0 saturated heterocycles. The van der Waals surface area contributed by atoms with E-state index in [1.807, 2.05) is 37.2 Å². The first-order chi connectivity index (χ1) is 13.9. The number of methoxy groups -OCH3 is 1. The average molecular weight is 414 g/mol. The van der Waals surface area contributed by atoms with Crippen LogP contribution < -0.4 is 14.4 Å². The number of ether oxygens (including phenoxy) is 2. The first kappa shape index (κ1) is 21.1. The number of fused-ring (bicyclic) bond motifs is 1. The van der Waals surface area contributed by atoms with Crippen molar-refractivity contribution in [2.24, 2.45) is 0 Å². The molecule has 29 heavy (non-hydrogen) atoms. The van der Waals surface area contributed by atoms with E-state index in [9.17, 15) is 4.79 Å². The van der Waals surface area contributed by atoms with Crippen molar-refractivity contribution < 1.29 is 14.3 Å². The molecule has 0 aliphatic heterocycles. The number of carbonyl (C=O) groups is 1. The summed E-state index contributed by atoms with van der Waals surface area (Å²) in [5.74, 6) is 1.17. The molecular formula is C22H27N3O3S. The van der Waals surface area contributed by atoms with Crippen LogP contribution in [0.3, 0.4) is 0 Å². The number of thiazole rings is 1.